The summed E-state index contributed by atoms with van der Waals surface area (Å²) in [5.74, 6) is 0.381. The summed E-state index contributed by atoms with van der Waals surface area (Å²) in [5, 5.41) is 10.4. The number of hydrogen-bond acceptors (Lipinski definition) is 4. The molecule has 0 bridgehead atoms. The highest BCUT2D eigenvalue weighted by molar-refractivity contribution is 5.78. The third-order valence-corrected chi connectivity index (χ3v) is 5.71. The van der Waals surface area contributed by atoms with Crippen LogP contribution in [0.15, 0.2) is 0 Å². The summed E-state index contributed by atoms with van der Waals surface area (Å²) in [6.45, 7) is 8.61. The average Bonchev–Trinajstić information content (AvgIpc) is 2.97. The summed E-state index contributed by atoms with van der Waals surface area (Å²) in [4.78, 5) is 15.1. The first-order valence-corrected chi connectivity index (χ1v) is 9.75. The van der Waals surface area contributed by atoms with E-state index in [9.17, 15) is 4.79 Å². The van der Waals surface area contributed by atoms with E-state index in [0.29, 0.717) is 6.04 Å². The van der Waals surface area contributed by atoms with Gasteiger partial charge in [-0.3, -0.25) is 14.8 Å². The number of hydrogen-bond donors (Lipinski definition) is 2. The van der Waals surface area contributed by atoms with Gasteiger partial charge in [-0.05, 0) is 64.5 Å². The summed E-state index contributed by atoms with van der Waals surface area (Å²) in [6, 6.07) is 0.608. The van der Waals surface area contributed by atoms with Crippen molar-refractivity contribution in [3.63, 3.8) is 0 Å². The van der Waals surface area contributed by atoms with Gasteiger partial charge in [-0.2, -0.15) is 5.10 Å². The molecule has 2 aliphatic rings. The molecule has 2 saturated heterocycles. The lowest BCUT2D eigenvalue weighted by molar-refractivity contribution is -0.127. The van der Waals surface area contributed by atoms with E-state index in [4.69, 9.17) is 4.74 Å². The topological polar surface area (TPSA) is 70.2 Å². The van der Waals surface area contributed by atoms with E-state index in [1.807, 2.05) is 6.92 Å². The van der Waals surface area contributed by atoms with Crippen LogP contribution in [0.4, 0.5) is 0 Å². The maximum Gasteiger partial charge on any atom is 0.224 e. The van der Waals surface area contributed by atoms with Gasteiger partial charge < -0.3 is 10.1 Å². The molecule has 1 amide bonds. The van der Waals surface area contributed by atoms with Crippen molar-refractivity contribution in [3.05, 3.63) is 17.0 Å². The highest BCUT2D eigenvalue weighted by Crippen LogP contribution is 2.23. The predicted molar refractivity (Wildman–Crippen MR) is 97.5 cm³/mol. The maximum atomic E-state index is 12.5. The van der Waals surface area contributed by atoms with Crippen molar-refractivity contribution in [2.45, 2.75) is 58.4 Å². The molecule has 0 aliphatic carbocycles. The number of H-pyrrole nitrogens is 1. The predicted octanol–water partition coefficient (Wildman–Crippen LogP) is 1.97. The Bertz CT molecular complexity index is 546. The molecular formula is C19H32N4O2. The summed E-state index contributed by atoms with van der Waals surface area (Å²) in [7, 11) is 0. The van der Waals surface area contributed by atoms with E-state index < -0.39 is 0 Å². The maximum absolute atomic E-state index is 12.5. The van der Waals surface area contributed by atoms with Crippen molar-refractivity contribution in [2.24, 2.45) is 5.92 Å². The minimum atomic E-state index is 0.147. The van der Waals surface area contributed by atoms with E-state index in [2.05, 4.69) is 27.3 Å². The van der Waals surface area contributed by atoms with Crippen LogP contribution in [0, 0.1) is 19.8 Å². The van der Waals surface area contributed by atoms with Gasteiger partial charge in [-0.1, -0.05) is 0 Å². The largest absolute Gasteiger partial charge is 0.381 e. The zero-order valence-corrected chi connectivity index (χ0v) is 15.6. The molecule has 6 nitrogen and oxygen atoms in total. The average molecular weight is 348 g/mol. The van der Waals surface area contributed by atoms with Crippen LogP contribution in [-0.4, -0.2) is 59.9 Å². The van der Waals surface area contributed by atoms with Gasteiger partial charge in [-0.15, -0.1) is 0 Å². The molecule has 0 unspecified atom stereocenters. The Kier molecular flexibility index (Phi) is 6.48. The Labute approximate surface area is 150 Å². The van der Waals surface area contributed by atoms with Crippen molar-refractivity contribution in [3.8, 4) is 0 Å². The van der Waals surface area contributed by atoms with Crippen molar-refractivity contribution >= 4 is 5.91 Å². The van der Waals surface area contributed by atoms with Crippen LogP contribution in [0.25, 0.3) is 0 Å². The number of ether oxygens (including phenoxy) is 1. The normalized spacial score (nSPS) is 22.9. The van der Waals surface area contributed by atoms with Crippen LogP contribution in [0.5, 0.6) is 0 Å². The molecule has 2 fully saturated rings. The highest BCUT2D eigenvalue weighted by atomic mass is 16.5. The Balaban J connectivity index is 1.40. The van der Waals surface area contributed by atoms with Crippen molar-refractivity contribution in [2.75, 3.05) is 32.8 Å². The second-order valence-corrected chi connectivity index (χ2v) is 7.48. The van der Waals surface area contributed by atoms with E-state index in [1.54, 1.807) is 0 Å². The first-order valence-electron chi connectivity index (χ1n) is 9.75. The second-order valence-electron chi connectivity index (χ2n) is 7.48. The molecule has 1 aromatic rings. The molecular weight excluding hydrogens is 316 g/mol. The smallest absolute Gasteiger partial charge is 0.224 e. The lowest BCUT2D eigenvalue weighted by Gasteiger charge is -2.39. The zero-order chi connectivity index (χ0) is 17.6. The van der Waals surface area contributed by atoms with Gasteiger partial charge >= 0.3 is 0 Å². The molecule has 3 rings (SSSR count). The highest BCUT2D eigenvalue weighted by Gasteiger charge is 2.30. The number of nitrogens with one attached hydrogen (secondary N) is 2. The van der Waals surface area contributed by atoms with Crippen LogP contribution in [0.3, 0.4) is 0 Å². The Morgan fingerprint density at radius 3 is 2.84 bits per heavy atom. The molecule has 140 valence electrons. The van der Waals surface area contributed by atoms with Gasteiger partial charge in [0.1, 0.15) is 0 Å². The molecule has 0 radical (unpaired) electrons. The van der Waals surface area contributed by atoms with Gasteiger partial charge in [0.05, 0.1) is 11.6 Å². The van der Waals surface area contributed by atoms with Crippen molar-refractivity contribution in [1.82, 2.24) is 20.4 Å². The van der Waals surface area contributed by atoms with Crippen LogP contribution >= 0.6 is 0 Å². The molecule has 2 N–H and O–H groups in total. The molecule has 25 heavy (non-hydrogen) atoms. The number of rotatable bonds is 6. The number of likely N-dealkylation sites (tertiary alicyclic amines) is 1. The number of aromatic amines is 1. The van der Waals surface area contributed by atoms with Crippen molar-refractivity contribution in [1.29, 1.82) is 0 Å². The van der Waals surface area contributed by atoms with E-state index in [1.165, 1.54) is 5.56 Å². The number of carbonyl (C=O) groups is 1. The van der Waals surface area contributed by atoms with E-state index >= 15 is 0 Å². The number of aryl methyl sites for hydroxylation is 2. The fourth-order valence-electron chi connectivity index (χ4n) is 4.17. The second kappa shape index (κ2) is 8.81. The first kappa shape index (κ1) is 18.4. The van der Waals surface area contributed by atoms with Crippen LogP contribution in [0.1, 0.15) is 49.1 Å². The molecule has 1 atom stereocenters. The molecule has 2 aliphatic heterocycles. The molecule has 0 spiro atoms. The Morgan fingerprint density at radius 2 is 2.12 bits per heavy atom. The standard InChI is InChI=1S/C19H32N4O2/c1-14-18(15(2)22-21-14)6-3-9-20-19(24)16-5-4-10-23(13-16)17-7-11-25-12-8-17/h16-17H,3-13H2,1-2H3,(H,20,24)(H,21,22)/t16-/m0/s1. The summed E-state index contributed by atoms with van der Waals surface area (Å²) >= 11 is 0. The summed E-state index contributed by atoms with van der Waals surface area (Å²) in [5.41, 5.74) is 3.50. The summed E-state index contributed by atoms with van der Waals surface area (Å²) in [6.07, 6.45) is 6.29. The quantitative estimate of drug-likeness (QED) is 0.771. The molecule has 1 aromatic heterocycles. The zero-order valence-electron chi connectivity index (χ0n) is 15.6. The van der Waals surface area contributed by atoms with Gasteiger partial charge in [0.2, 0.25) is 5.91 Å². The SMILES string of the molecule is Cc1n[nH]c(C)c1CCCNC(=O)[C@H]1CCCN(C2CCOCC2)C1. The number of amides is 1. The molecule has 0 saturated carbocycles. The van der Waals surface area contributed by atoms with E-state index in [-0.39, 0.29) is 11.8 Å². The number of carbonyl (C=O) groups excluding carboxylic acids is 1. The molecule has 6 heteroatoms. The first-order chi connectivity index (χ1) is 12.1. The Morgan fingerprint density at radius 1 is 1.32 bits per heavy atom. The number of nitrogens with zero attached hydrogens (tertiary/aromatic N) is 2. The monoisotopic (exact) mass is 348 g/mol. The van der Waals surface area contributed by atoms with Gasteiger partial charge in [0.25, 0.3) is 0 Å². The minimum Gasteiger partial charge on any atom is -0.381 e. The van der Waals surface area contributed by atoms with Crippen LogP contribution in [-0.2, 0) is 16.0 Å². The molecule has 3 heterocycles. The minimum absolute atomic E-state index is 0.147. The van der Waals surface area contributed by atoms with E-state index in [0.717, 1.165) is 82.8 Å². The van der Waals surface area contributed by atoms with Gasteiger partial charge in [-0.25, -0.2) is 0 Å². The number of piperidine rings is 1. The Hall–Kier alpha value is -1.40. The fraction of sp³-hybridized carbons (Fsp3) is 0.789. The third-order valence-electron chi connectivity index (χ3n) is 5.71. The van der Waals surface area contributed by atoms with Crippen LogP contribution < -0.4 is 5.32 Å². The molecule has 0 aromatic carbocycles. The van der Waals surface area contributed by atoms with Gasteiger partial charge in [0, 0.05) is 38.0 Å². The fourth-order valence-corrected chi connectivity index (χ4v) is 4.17. The summed E-state index contributed by atoms with van der Waals surface area (Å²) < 4.78 is 5.47. The number of aromatic nitrogens is 2. The van der Waals surface area contributed by atoms with Crippen molar-refractivity contribution < 1.29 is 9.53 Å². The lowest BCUT2D eigenvalue weighted by Crippen LogP contribution is -2.48. The van der Waals surface area contributed by atoms with Gasteiger partial charge in [0.15, 0.2) is 0 Å². The third kappa shape index (κ3) is 4.82. The van der Waals surface area contributed by atoms with Crippen LogP contribution in [0.2, 0.25) is 0 Å². The lowest BCUT2D eigenvalue weighted by atomic mass is 9.94.